The summed E-state index contributed by atoms with van der Waals surface area (Å²) in [6.07, 6.45) is 2.35. The molecule has 29 heavy (non-hydrogen) atoms. The van der Waals surface area contributed by atoms with E-state index in [0.29, 0.717) is 5.92 Å². The Labute approximate surface area is 176 Å². The van der Waals surface area contributed by atoms with Gasteiger partial charge in [-0.25, -0.2) is 0 Å². The van der Waals surface area contributed by atoms with E-state index < -0.39 is 0 Å². The largest absolute Gasteiger partial charge is 0.194 e. The van der Waals surface area contributed by atoms with Gasteiger partial charge in [-0.05, 0) is 60.2 Å². The van der Waals surface area contributed by atoms with Crippen LogP contribution in [0.4, 0.5) is 0 Å². The Kier molecular flexibility index (Phi) is 5.50. The molecule has 4 rings (SSSR count). The Morgan fingerprint density at radius 2 is 1.21 bits per heavy atom. The average Bonchev–Trinajstić information content (AvgIpc) is 2.71. The fraction of sp³-hybridized carbons (Fsp3) is 0.286. The highest BCUT2D eigenvalue weighted by Gasteiger charge is 2.17. The van der Waals surface area contributed by atoms with E-state index >= 15 is 0 Å². The third-order valence-electron chi connectivity index (χ3n) is 6.60. The molecular weight excluding hydrogens is 347 g/mol. The summed E-state index contributed by atoms with van der Waals surface area (Å²) in [6, 6.07) is 22.8. The summed E-state index contributed by atoms with van der Waals surface area (Å²) in [7, 11) is 0.989. The molecule has 0 aromatic heterocycles. The lowest BCUT2D eigenvalue weighted by Gasteiger charge is -2.20. The van der Waals surface area contributed by atoms with Crippen molar-refractivity contribution < 1.29 is 0 Å². The molecule has 0 nitrogen and oxygen atoms in total. The molecule has 0 N–H and O–H groups in total. The summed E-state index contributed by atoms with van der Waals surface area (Å²) in [4.78, 5) is 0. The van der Waals surface area contributed by atoms with Gasteiger partial charge in [0.05, 0.1) is 0 Å². The van der Waals surface area contributed by atoms with E-state index in [2.05, 4.69) is 95.3 Å². The minimum absolute atomic E-state index is 0.689. The van der Waals surface area contributed by atoms with E-state index in [9.17, 15) is 0 Å². The van der Waals surface area contributed by atoms with Gasteiger partial charge in [0.1, 0.15) is 0 Å². The van der Waals surface area contributed by atoms with Crippen LogP contribution in [0.1, 0.15) is 42.5 Å². The third kappa shape index (κ3) is 3.71. The molecule has 0 aliphatic rings. The molecule has 0 saturated heterocycles. The van der Waals surface area contributed by atoms with Gasteiger partial charge in [0.15, 0.2) is 7.28 Å². The fourth-order valence-corrected chi connectivity index (χ4v) is 4.88. The second-order valence-corrected chi connectivity index (χ2v) is 8.82. The first-order chi connectivity index (χ1) is 14.0. The van der Waals surface area contributed by atoms with Crippen LogP contribution >= 0.6 is 0 Å². The highest BCUT2D eigenvalue weighted by molar-refractivity contribution is 6.73. The van der Waals surface area contributed by atoms with Crippen LogP contribution in [0.25, 0.3) is 21.5 Å². The molecule has 146 valence electrons. The van der Waals surface area contributed by atoms with Gasteiger partial charge in [-0.2, -0.15) is 0 Å². The van der Waals surface area contributed by atoms with Crippen LogP contribution in [0, 0.1) is 26.7 Å². The zero-order valence-corrected chi connectivity index (χ0v) is 18.5. The van der Waals surface area contributed by atoms with Crippen LogP contribution in [-0.2, 0) is 6.42 Å². The fourth-order valence-electron chi connectivity index (χ4n) is 4.88. The summed E-state index contributed by atoms with van der Waals surface area (Å²) < 4.78 is 0. The maximum absolute atomic E-state index is 2.37. The normalized spacial score (nSPS) is 12.4. The number of fused-ring (bicyclic) bond motifs is 2. The summed E-state index contributed by atoms with van der Waals surface area (Å²) in [5.74, 6) is 0.689. The molecule has 4 aromatic rings. The van der Waals surface area contributed by atoms with Gasteiger partial charge in [0.2, 0.25) is 0 Å². The lowest BCUT2D eigenvalue weighted by atomic mass is 9.58. The van der Waals surface area contributed by atoms with Gasteiger partial charge in [-0.3, -0.25) is 0 Å². The van der Waals surface area contributed by atoms with Crippen molar-refractivity contribution in [2.75, 3.05) is 0 Å². The molecule has 0 saturated carbocycles. The first-order valence-electron chi connectivity index (χ1n) is 11.0. The first-order valence-corrected chi connectivity index (χ1v) is 11.0. The van der Waals surface area contributed by atoms with E-state index in [1.807, 2.05) is 0 Å². The van der Waals surface area contributed by atoms with Crippen molar-refractivity contribution in [3.63, 3.8) is 0 Å². The molecule has 1 atom stereocenters. The summed E-state index contributed by atoms with van der Waals surface area (Å²) in [5, 5.41) is 5.71. The van der Waals surface area contributed by atoms with Crippen molar-refractivity contribution in [2.45, 2.75) is 47.5 Å². The maximum atomic E-state index is 2.37. The van der Waals surface area contributed by atoms with Crippen LogP contribution < -0.4 is 10.9 Å². The van der Waals surface area contributed by atoms with Crippen molar-refractivity contribution >= 4 is 39.8 Å². The average molecular weight is 378 g/mol. The molecule has 0 fully saturated rings. The highest BCUT2D eigenvalue weighted by Crippen LogP contribution is 2.29. The van der Waals surface area contributed by atoms with Gasteiger partial charge in [0, 0.05) is 0 Å². The van der Waals surface area contributed by atoms with Gasteiger partial charge >= 0.3 is 0 Å². The molecule has 0 radical (unpaired) electrons. The minimum atomic E-state index is 0.689. The Bertz CT molecular complexity index is 1110. The quantitative estimate of drug-likeness (QED) is 0.300. The smallest absolute Gasteiger partial charge is 0.0728 e. The molecule has 1 heteroatoms. The van der Waals surface area contributed by atoms with E-state index in [1.54, 1.807) is 0 Å². The van der Waals surface area contributed by atoms with Gasteiger partial charge in [-0.1, -0.05) is 109 Å². The maximum Gasteiger partial charge on any atom is 0.194 e. The van der Waals surface area contributed by atoms with Crippen molar-refractivity contribution in [1.82, 2.24) is 0 Å². The van der Waals surface area contributed by atoms with E-state index in [0.717, 1.165) is 13.7 Å². The summed E-state index contributed by atoms with van der Waals surface area (Å²) in [5.41, 5.74) is 8.62. The number of hydrogen-bond donors (Lipinski definition) is 0. The number of rotatable bonds is 5. The van der Waals surface area contributed by atoms with Crippen LogP contribution in [0.3, 0.4) is 0 Å². The Balaban J connectivity index is 2.01. The number of aryl methyl sites for hydroxylation is 3. The van der Waals surface area contributed by atoms with Crippen LogP contribution in [-0.4, -0.2) is 7.28 Å². The zero-order valence-electron chi connectivity index (χ0n) is 18.5. The molecule has 0 heterocycles. The molecule has 0 amide bonds. The first kappa shape index (κ1) is 19.8. The lowest BCUT2D eigenvalue weighted by Crippen LogP contribution is -2.32. The van der Waals surface area contributed by atoms with Crippen LogP contribution in [0.2, 0.25) is 0 Å². The van der Waals surface area contributed by atoms with E-state index in [4.69, 9.17) is 0 Å². The third-order valence-corrected chi connectivity index (χ3v) is 6.60. The number of hydrogen-bond acceptors (Lipinski definition) is 0. The molecular formula is C28H31B. The van der Waals surface area contributed by atoms with E-state index in [-0.39, 0.29) is 0 Å². The van der Waals surface area contributed by atoms with Crippen molar-refractivity contribution in [1.29, 1.82) is 0 Å². The molecule has 0 aliphatic carbocycles. The van der Waals surface area contributed by atoms with Crippen LogP contribution in [0.15, 0.2) is 60.7 Å². The second-order valence-electron chi connectivity index (χ2n) is 8.82. The molecule has 4 aromatic carbocycles. The highest BCUT2D eigenvalue weighted by atomic mass is 14.2. The van der Waals surface area contributed by atoms with Gasteiger partial charge in [0.25, 0.3) is 0 Å². The molecule has 0 bridgehead atoms. The Hall–Kier alpha value is -2.54. The van der Waals surface area contributed by atoms with Crippen molar-refractivity contribution in [2.24, 2.45) is 5.92 Å². The Morgan fingerprint density at radius 3 is 1.69 bits per heavy atom. The summed E-state index contributed by atoms with van der Waals surface area (Å²) in [6.45, 7) is 11.4. The van der Waals surface area contributed by atoms with Crippen molar-refractivity contribution in [3.8, 4) is 0 Å². The van der Waals surface area contributed by atoms with Gasteiger partial charge in [-0.15, -0.1) is 0 Å². The molecule has 0 spiro atoms. The van der Waals surface area contributed by atoms with Gasteiger partial charge < -0.3 is 0 Å². The predicted octanol–water partition coefficient (Wildman–Crippen LogP) is 5.89. The monoisotopic (exact) mass is 378 g/mol. The number of benzene rings is 4. The minimum Gasteiger partial charge on any atom is -0.0728 e. The summed E-state index contributed by atoms with van der Waals surface area (Å²) >= 11 is 0. The second kappa shape index (κ2) is 8.07. The topological polar surface area (TPSA) is 0 Å². The SMILES string of the molecule is CCC(C)Cc1c2ccccc2c(Bc2c(C)cc(C)cc2C)c2ccccc12. The Morgan fingerprint density at radius 1 is 0.724 bits per heavy atom. The standard InChI is InChI=1S/C28H31B/c1-6-18(2)17-26-22-11-7-9-13-24(22)28(25-14-10-8-12-23(25)26)29-27-20(4)15-19(3)16-21(27)5/h7-16,18,29H,6,17H2,1-5H3. The molecule has 0 aliphatic heterocycles. The predicted molar refractivity (Wildman–Crippen MR) is 132 cm³/mol. The van der Waals surface area contributed by atoms with Crippen molar-refractivity contribution in [3.05, 3.63) is 82.9 Å². The van der Waals surface area contributed by atoms with E-state index in [1.165, 1.54) is 61.1 Å². The zero-order chi connectivity index (χ0) is 20.5. The lowest BCUT2D eigenvalue weighted by molar-refractivity contribution is 0.564. The van der Waals surface area contributed by atoms with Crippen LogP contribution in [0.5, 0.6) is 0 Å². The molecule has 1 unspecified atom stereocenters.